The van der Waals surface area contributed by atoms with Gasteiger partial charge in [0.05, 0.1) is 0 Å². The average molecular weight is 305 g/mol. The second kappa shape index (κ2) is 1610. The molecule has 0 aromatic rings. The molecule has 0 fully saturated rings. The second-order valence-electron chi connectivity index (χ2n) is 0. The summed E-state index contributed by atoms with van der Waals surface area (Å²) in [7, 11) is 0. The molecule has 0 aromatic heterocycles. The zero-order valence-electron chi connectivity index (χ0n) is 11.7. The molecule has 0 spiro atoms. The smallest absolute Gasteiger partial charge is 0 e. The van der Waals surface area contributed by atoms with Crippen LogP contribution < -0.4 is 0 Å². The van der Waals surface area contributed by atoms with Crippen molar-refractivity contribution in [2.24, 2.45) is 0 Å². The Morgan fingerprint density at radius 1 is 0.286 bits per heavy atom. The molecular formula is C12H30Zn2-6. The molecular weight excluding hydrogens is 275 g/mol. The number of hydrogen-bond donors (Lipinski definition) is 0. The van der Waals surface area contributed by atoms with E-state index in [0.717, 1.165) is 0 Å². The van der Waals surface area contributed by atoms with E-state index in [9.17, 15) is 0 Å². The molecule has 0 aliphatic heterocycles. The molecule has 0 N–H and O–H groups in total. The van der Waals surface area contributed by atoms with E-state index in [1.54, 1.807) is 41.5 Å². The summed E-state index contributed by atoms with van der Waals surface area (Å²) in [5.41, 5.74) is 0. The van der Waals surface area contributed by atoms with Gasteiger partial charge in [-0.1, -0.05) is 0 Å². The van der Waals surface area contributed by atoms with Gasteiger partial charge in [0, 0.05) is 39.0 Å². The first kappa shape index (κ1) is 58.9. The molecule has 0 amide bonds. The van der Waals surface area contributed by atoms with Gasteiger partial charge >= 0.3 is 0 Å². The molecule has 0 heterocycles. The van der Waals surface area contributed by atoms with Crippen molar-refractivity contribution >= 4 is 0 Å². The SMILES string of the molecule is [CH2-]C.[CH2-]C.[CH2-]C.[CH2-]C.[CH2-]C.[CH2-]C.[Zn].[Zn]. The van der Waals surface area contributed by atoms with Crippen LogP contribution in [0.3, 0.4) is 0 Å². The Morgan fingerprint density at radius 3 is 0.286 bits per heavy atom. The Hall–Kier alpha value is 1.25. The third-order valence-corrected chi connectivity index (χ3v) is 0. The third-order valence-electron chi connectivity index (χ3n) is 0. The predicted molar refractivity (Wildman–Crippen MR) is 66.2 cm³/mol. The fourth-order valence-corrected chi connectivity index (χ4v) is 0. The van der Waals surface area contributed by atoms with Gasteiger partial charge in [0.25, 0.3) is 0 Å². The van der Waals surface area contributed by atoms with E-state index >= 15 is 0 Å². The maximum atomic E-state index is 3.25. The van der Waals surface area contributed by atoms with Crippen molar-refractivity contribution in [2.45, 2.75) is 41.5 Å². The summed E-state index contributed by atoms with van der Waals surface area (Å²) in [5.74, 6) is 0. The van der Waals surface area contributed by atoms with Crippen LogP contribution in [0.2, 0.25) is 0 Å². The zero-order chi connectivity index (χ0) is 12.0. The molecule has 0 aliphatic rings. The molecule has 0 bridgehead atoms. The van der Waals surface area contributed by atoms with Gasteiger partial charge in [-0.15, -0.1) is 0 Å². The van der Waals surface area contributed by atoms with E-state index in [1.165, 1.54) is 0 Å². The van der Waals surface area contributed by atoms with E-state index < -0.39 is 0 Å². The molecule has 0 unspecified atom stereocenters. The van der Waals surface area contributed by atoms with Gasteiger partial charge in [-0.05, 0) is 0 Å². The summed E-state index contributed by atoms with van der Waals surface area (Å²) in [4.78, 5) is 0. The van der Waals surface area contributed by atoms with Crippen LogP contribution in [0.25, 0.3) is 0 Å². The summed E-state index contributed by atoms with van der Waals surface area (Å²) >= 11 is 0. The van der Waals surface area contributed by atoms with Crippen LogP contribution in [-0.4, -0.2) is 0 Å². The van der Waals surface area contributed by atoms with Crippen LogP contribution in [0, 0.1) is 41.5 Å². The van der Waals surface area contributed by atoms with E-state index in [-0.39, 0.29) is 39.0 Å². The molecule has 0 rings (SSSR count). The van der Waals surface area contributed by atoms with Crippen molar-refractivity contribution < 1.29 is 39.0 Å². The van der Waals surface area contributed by atoms with Crippen molar-refractivity contribution in [3.05, 3.63) is 41.5 Å². The van der Waals surface area contributed by atoms with Crippen LogP contribution in [0.4, 0.5) is 0 Å². The van der Waals surface area contributed by atoms with Gasteiger partial charge in [0.2, 0.25) is 0 Å². The largest absolute Gasteiger partial charge is 0.346 e. The summed E-state index contributed by atoms with van der Waals surface area (Å²) < 4.78 is 0. The minimum absolute atomic E-state index is 0. The van der Waals surface area contributed by atoms with Crippen molar-refractivity contribution in [3.8, 4) is 0 Å². The van der Waals surface area contributed by atoms with Crippen LogP contribution in [0.5, 0.6) is 0 Å². The second-order valence-corrected chi connectivity index (χ2v) is 0. The molecule has 0 saturated carbocycles. The zero-order valence-corrected chi connectivity index (χ0v) is 17.6. The van der Waals surface area contributed by atoms with Gasteiger partial charge in [-0.25, -0.2) is 0 Å². The molecule has 0 saturated heterocycles. The van der Waals surface area contributed by atoms with Crippen molar-refractivity contribution in [1.29, 1.82) is 0 Å². The first-order valence-corrected chi connectivity index (χ1v) is 4.24. The van der Waals surface area contributed by atoms with Crippen LogP contribution in [0.15, 0.2) is 0 Å². The van der Waals surface area contributed by atoms with Crippen molar-refractivity contribution in [1.82, 2.24) is 0 Å². The van der Waals surface area contributed by atoms with Crippen LogP contribution >= 0.6 is 0 Å². The minimum atomic E-state index is 0. The fraction of sp³-hybridized carbons (Fsp3) is 0.500. The standard InChI is InChI=1S/6C2H5.2Zn/c6*1-2;;/h6*1H2,2H3;;/q6*-1;;. The predicted octanol–water partition coefficient (Wildman–Crippen LogP) is 5.04. The minimum Gasteiger partial charge on any atom is -0.346 e. The number of rotatable bonds is 0. The third kappa shape index (κ3) is 1280. The Morgan fingerprint density at radius 2 is 0.286 bits per heavy atom. The quantitative estimate of drug-likeness (QED) is 0.434. The Labute approximate surface area is 122 Å². The summed E-state index contributed by atoms with van der Waals surface area (Å²) in [5, 5.41) is 0. The van der Waals surface area contributed by atoms with Gasteiger partial charge in [0.1, 0.15) is 0 Å². The molecule has 88 valence electrons. The molecule has 14 heavy (non-hydrogen) atoms. The van der Waals surface area contributed by atoms with Crippen LogP contribution in [-0.2, 0) is 39.0 Å². The van der Waals surface area contributed by atoms with E-state index in [2.05, 4.69) is 41.5 Å². The fourth-order valence-electron chi connectivity index (χ4n) is 0. The number of hydrogen-bond acceptors (Lipinski definition) is 0. The Balaban J connectivity index is -0.00000000500. The van der Waals surface area contributed by atoms with Crippen LogP contribution in [0.1, 0.15) is 41.5 Å². The van der Waals surface area contributed by atoms with E-state index in [0.29, 0.717) is 0 Å². The molecule has 0 atom stereocenters. The molecule has 0 nitrogen and oxygen atoms in total. The summed E-state index contributed by atoms with van der Waals surface area (Å²) in [6.45, 7) is 30.0. The summed E-state index contributed by atoms with van der Waals surface area (Å²) in [6, 6.07) is 0. The van der Waals surface area contributed by atoms with Gasteiger partial charge in [0.15, 0.2) is 0 Å². The van der Waals surface area contributed by atoms with Crippen molar-refractivity contribution in [3.63, 3.8) is 0 Å². The molecule has 0 aliphatic carbocycles. The van der Waals surface area contributed by atoms with E-state index in [4.69, 9.17) is 0 Å². The van der Waals surface area contributed by atoms with E-state index in [1.807, 2.05) is 0 Å². The Bertz CT molecular complexity index is 8.28. The van der Waals surface area contributed by atoms with Gasteiger partial charge in [-0.3, -0.25) is 0 Å². The first-order chi connectivity index (χ1) is 6.00. The monoisotopic (exact) mass is 302 g/mol. The molecule has 0 aromatic carbocycles. The first-order valence-electron chi connectivity index (χ1n) is 4.24. The van der Waals surface area contributed by atoms with Gasteiger partial charge in [-0.2, -0.15) is 41.5 Å². The summed E-state index contributed by atoms with van der Waals surface area (Å²) in [6.07, 6.45) is 0. The topological polar surface area (TPSA) is 0 Å². The Kier molecular flexibility index (Phi) is 6770. The average Bonchev–Trinajstić information content (AvgIpc) is 2.33. The normalized spacial score (nSPS) is 2.57. The molecule has 2 heteroatoms. The maximum Gasteiger partial charge on any atom is 0 e. The maximum absolute atomic E-state index is 3.25. The molecule has 0 radical (unpaired) electrons. The van der Waals surface area contributed by atoms with Gasteiger partial charge < -0.3 is 41.5 Å². The van der Waals surface area contributed by atoms with Crippen molar-refractivity contribution in [2.75, 3.05) is 0 Å².